The number of carbonyl (C=O) groups is 1. The van der Waals surface area contributed by atoms with Crippen LogP contribution in [0.25, 0.3) is 11.5 Å². The van der Waals surface area contributed by atoms with Gasteiger partial charge >= 0.3 is 0 Å². The van der Waals surface area contributed by atoms with Gasteiger partial charge in [-0.05, 0) is 49.4 Å². The number of benzene rings is 2. The Balaban J connectivity index is 1.66. The van der Waals surface area contributed by atoms with E-state index in [-0.39, 0.29) is 16.9 Å². The second kappa shape index (κ2) is 8.75. The highest BCUT2D eigenvalue weighted by molar-refractivity contribution is 8.00. The van der Waals surface area contributed by atoms with Crippen LogP contribution >= 0.6 is 11.8 Å². The highest BCUT2D eigenvalue weighted by Gasteiger charge is 2.19. The lowest BCUT2D eigenvalue weighted by Crippen LogP contribution is -2.22. The largest absolute Gasteiger partial charge is 0.493 e. The summed E-state index contributed by atoms with van der Waals surface area (Å²) in [7, 11) is 3.09. The molecule has 0 aliphatic carbocycles. The molecule has 1 atom stereocenters. The molecule has 28 heavy (non-hydrogen) atoms. The van der Waals surface area contributed by atoms with E-state index in [9.17, 15) is 9.18 Å². The SMILES string of the molecule is COc1ccc(-c2nnc(S[C@H](C)C(=O)Nc3ccc(F)cc3)o2)cc1OC. The first kappa shape index (κ1) is 19.7. The van der Waals surface area contributed by atoms with Gasteiger partial charge in [-0.1, -0.05) is 11.8 Å². The van der Waals surface area contributed by atoms with Gasteiger partial charge in [0.1, 0.15) is 5.82 Å². The molecule has 0 spiro atoms. The first-order chi connectivity index (χ1) is 13.5. The summed E-state index contributed by atoms with van der Waals surface area (Å²) >= 11 is 1.12. The van der Waals surface area contributed by atoms with Crippen LogP contribution < -0.4 is 14.8 Å². The fourth-order valence-electron chi connectivity index (χ4n) is 2.33. The molecule has 146 valence electrons. The normalized spacial score (nSPS) is 11.7. The molecule has 7 nitrogen and oxygen atoms in total. The van der Waals surface area contributed by atoms with E-state index in [1.807, 2.05) is 0 Å². The fraction of sp³-hybridized carbons (Fsp3) is 0.211. The summed E-state index contributed by atoms with van der Waals surface area (Å²) < 4.78 is 29.1. The van der Waals surface area contributed by atoms with Crippen molar-refractivity contribution in [2.75, 3.05) is 19.5 Å². The number of rotatable bonds is 7. The summed E-state index contributed by atoms with van der Waals surface area (Å²) in [6, 6.07) is 10.8. The Labute approximate surface area is 165 Å². The molecular formula is C19H18FN3O4S. The fourth-order valence-corrected chi connectivity index (χ4v) is 3.01. The van der Waals surface area contributed by atoms with Crippen LogP contribution in [0.4, 0.5) is 10.1 Å². The van der Waals surface area contributed by atoms with Gasteiger partial charge in [-0.25, -0.2) is 4.39 Å². The molecule has 0 aliphatic rings. The zero-order valence-corrected chi connectivity index (χ0v) is 16.2. The number of thioether (sulfide) groups is 1. The molecule has 1 amide bonds. The van der Waals surface area contributed by atoms with Gasteiger partial charge < -0.3 is 19.2 Å². The Hall–Kier alpha value is -3.07. The monoisotopic (exact) mass is 403 g/mol. The number of ether oxygens (including phenoxy) is 2. The molecule has 0 saturated carbocycles. The molecular weight excluding hydrogens is 385 g/mol. The van der Waals surface area contributed by atoms with Crippen LogP contribution in [0.3, 0.4) is 0 Å². The number of amides is 1. The summed E-state index contributed by atoms with van der Waals surface area (Å²) in [5.74, 6) is 0.803. The Morgan fingerprint density at radius 1 is 1.11 bits per heavy atom. The number of hydrogen-bond acceptors (Lipinski definition) is 7. The van der Waals surface area contributed by atoms with Crippen molar-refractivity contribution in [3.8, 4) is 23.0 Å². The Morgan fingerprint density at radius 3 is 2.50 bits per heavy atom. The van der Waals surface area contributed by atoms with Crippen LogP contribution in [-0.4, -0.2) is 35.6 Å². The standard InChI is InChI=1S/C19H18FN3O4S/c1-11(17(24)21-14-7-5-13(20)6-8-14)28-19-23-22-18(27-19)12-4-9-15(25-2)16(10-12)26-3/h4-11H,1-3H3,(H,21,24)/t11-/m1/s1. The van der Waals surface area contributed by atoms with Gasteiger partial charge in [-0.15, -0.1) is 10.2 Å². The maximum Gasteiger partial charge on any atom is 0.277 e. The maximum atomic E-state index is 12.9. The second-order valence-corrected chi connectivity index (χ2v) is 6.99. The number of halogens is 1. The van der Waals surface area contributed by atoms with Gasteiger partial charge in [0.2, 0.25) is 11.8 Å². The summed E-state index contributed by atoms with van der Waals surface area (Å²) in [6.45, 7) is 1.71. The van der Waals surface area contributed by atoms with Crippen LogP contribution in [0.5, 0.6) is 11.5 Å². The number of methoxy groups -OCH3 is 2. The molecule has 0 bridgehead atoms. The Bertz CT molecular complexity index is 962. The van der Waals surface area contributed by atoms with Crippen molar-refractivity contribution in [2.45, 2.75) is 17.4 Å². The first-order valence-corrected chi connectivity index (χ1v) is 9.17. The molecule has 3 aromatic rings. The molecule has 1 heterocycles. The molecule has 2 aromatic carbocycles. The van der Waals surface area contributed by atoms with Crippen LogP contribution in [0.2, 0.25) is 0 Å². The lowest BCUT2D eigenvalue weighted by molar-refractivity contribution is -0.115. The first-order valence-electron chi connectivity index (χ1n) is 8.29. The van der Waals surface area contributed by atoms with Gasteiger partial charge in [0, 0.05) is 11.3 Å². The third kappa shape index (κ3) is 4.61. The lowest BCUT2D eigenvalue weighted by atomic mass is 10.2. The molecule has 1 aromatic heterocycles. The van der Waals surface area contributed by atoms with Gasteiger partial charge in [-0.2, -0.15) is 0 Å². The number of aromatic nitrogens is 2. The Kier molecular flexibility index (Phi) is 6.15. The minimum Gasteiger partial charge on any atom is -0.493 e. The van der Waals surface area contributed by atoms with E-state index in [2.05, 4.69) is 15.5 Å². The van der Waals surface area contributed by atoms with Crippen LogP contribution in [0.15, 0.2) is 52.1 Å². The molecule has 0 fully saturated rings. The molecule has 1 N–H and O–H groups in total. The van der Waals surface area contributed by atoms with E-state index in [0.717, 1.165) is 11.8 Å². The average Bonchev–Trinajstić information content (AvgIpc) is 3.17. The van der Waals surface area contributed by atoms with Crippen molar-refractivity contribution < 1.29 is 23.1 Å². The number of hydrogen-bond donors (Lipinski definition) is 1. The summed E-state index contributed by atoms with van der Waals surface area (Å²) in [4.78, 5) is 12.3. The molecule has 9 heteroatoms. The summed E-state index contributed by atoms with van der Waals surface area (Å²) in [5, 5.41) is 10.5. The van der Waals surface area contributed by atoms with Crippen molar-refractivity contribution in [3.63, 3.8) is 0 Å². The summed E-state index contributed by atoms with van der Waals surface area (Å²) in [6.07, 6.45) is 0. The predicted molar refractivity (Wildman–Crippen MR) is 103 cm³/mol. The smallest absolute Gasteiger partial charge is 0.277 e. The van der Waals surface area contributed by atoms with E-state index in [1.54, 1.807) is 32.2 Å². The quantitative estimate of drug-likeness (QED) is 0.597. The second-order valence-electron chi connectivity index (χ2n) is 5.70. The molecule has 0 aliphatic heterocycles. The van der Waals surface area contributed by atoms with E-state index >= 15 is 0 Å². The van der Waals surface area contributed by atoms with Crippen LogP contribution in [-0.2, 0) is 4.79 Å². The number of nitrogens with zero attached hydrogens (tertiary/aromatic N) is 2. The minimum atomic E-state index is -0.497. The highest BCUT2D eigenvalue weighted by atomic mass is 32.2. The number of carbonyl (C=O) groups excluding carboxylic acids is 1. The van der Waals surface area contributed by atoms with Crippen molar-refractivity contribution in [3.05, 3.63) is 48.3 Å². The molecule has 0 saturated heterocycles. The van der Waals surface area contributed by atoms with Gasteiger partial charge in [0.25, 0.3) is 5.22 Å². The summed E-state index contributed by atoms with van der Waals surface area (Å²) in [5.41, 5.74) is 1.18. The Morgan fingerprint density at radius 2 is 1.82 bits per heavy atom. The number of nitrogens with one attached hydrogen (secondary N) is 1. The third-order valence-electron chi connectivity index (χ3n) is 3.80. The van der Waals surface area contributed by atoms with Gasteiger partial charge in [0.15, 0.2) is 11.5 Å². The van der Waals surface area contributed by atoms with Gasteiger partial charge in [0.05, 0.1) is 19.5 Å². The van der Waals surface area contributed by atoms with E-state index < -0.39 is 5.25 Å². The van der Waals surface area contributed by atoms with Crippen molar-refractivity contribution in [1.82, 2.24) is 10.2 Å². The van der Waals surface area contributed by atoms with Crippen LogP contribution in [0, 0.1) is 5.82 Å². The zero-order valence-electron chi connectivity index (χ0n) is 15.4. The minimum absolute atomic E-state index is 0.256. The van der Waals surface area contributed by atoms with Crippen LogP contribution in [0.1, 0.15) is 6.92 Å². The van der Waals surface area contributed by atoms with Crippen molar-refractivity contribution in [2.24, 2.45) is 0 Å². The van der Waals surface area contributed by atoms with Crippen molar-refractivity contribution in [1.29, 1.82) is 0 Å². The van der Waals surface area contributed by atoms with Crippen molar-refractivity contribution >= 4 is 23.4 Å². The average molecular weight is 403 g/mol. The maximum absolute atomic E-state index is 12.9. The number of anilines is 1. The van der Waals surface area contributed by atoms with E-state index in [1.165, 1.54) is 31.4 Å². The lowest BCUT2D eigenvalue weighted by Gasteiger charge is -2.09. The predicted octanol–water partition coefficient (Wildman–Crippen LogP) is 4.01. The third-order valence-corrected chi connectivity index (χ3v) is 4.73. The van der Waals surface area contributed by atoms with Gasteiger partial charge in [-0.3, -0.25) is 4.79 Å². The highest BCUT2D eigenvalue weighted by Crippen LogP contribution is 2.33. The van der Waals surface area contributed by atoms with E-state index in [4.69, 9.17) is 13.9 Å². The van der Waals surface area contributed by atoms with E-state index in [0.29, 0.717) is 28.6 Å². The molecule has 0 unspecified atom stereocenters. The molecule has 3 rings (SSSR count). The molecule has 0 radical (unpaired) electrons. The topological polar surface area (TPSA) is 86.5 Å². The zero-order chi connectivity index (χ0) is 20.1.